The van der Waals surface area contributed by atoms with Gasteiger partial charge in [0.05, 0.1) is 12.7 Å². The normalized spacial score (nSPS) is 17.2. The van der Waals surface area contributed by atoms with Gasteiger partial charge in [-0.25, -0.2) is 9.18 Å². The number of hydrogen-bond donors (Lipinski definition) is 0. The van der Waals surface area contributed by atoms with E-state index in [0.29, 0.717) is 24.2 Å². The first-order chi connectivity index (χ1) is 13.5. The van der Waals surface area contributed by atoms with Crippen LogP contribution in [0.4, 0.5) is 4.39 Å². The molecule has 3 rings (SSSR count). The number of esters is 1. The lowest BCUT2D eigenvalue weighted by atomic mass is 10.0. The molecule has 0 aliphatic carbocycles. The lowest BCUT2D eigenvalue weighted by Crippen LogP contribution is -2.48. The first kappa shape index (κ1) is 19.9. The summed E-state index contributed by atoms with van der Waals surface area (Å²) >= 11 is 0. The molecule has 0 bridgehead atoms. The summed E-state index contributed by atoms with van der Waals surface area (Å²) in [7, 11) is 3.06. The number of likely N-dealkylation sites (tertiary alicyclic amines) is 1. The van der Waals surface area contributed by atoms with E-state index in [1.807, 2.05) is 6.07 Å². The molecule has 0 saturated carbocycles. The highest BCUT2D eigenvalue weighted by Gasteiger charge is 2.27. The van der Waals surface area contributed by atoms with Crippen LogP contribution in [0.2, 0.25) is 0 Å². The first-order valence-electron chi connectivity index (χ1n) is 9.27. The predicted octanol–water partition coefficient (Wildman–Crippen LogP) is 2.74. The predicted molar refractivity (Wildman–Crippen MR) is 102 cm³/mol. The van der Waals surface area contributed by atoms with Crippen LogP contribution in [-0.4, -0.2) is 59.9 Å². The number of hydrogen-bond acceptors (Lipinski definition) is 5. The van der Waals surface area contributed by atoms with Gasteiger partial charge in [0.2, 0.25) is 0 Å². The summed E-state index contributed by atoms with van der Waals surface area (Å²) in [4.78, 5) is 32.2. The Morgan fingerprint density at radius 3 is 2.75 bits per heavy atom. The van der Waals surface area contributed by atoms with Crippen molar-refractivity contribution in [2.75, 3.05) is 27.2 Å². The van der Waals surface area contributed by atoms with Gasteiger partial charge in [-0.3, -0.25) is 14.7 Å². The number of nitrogens with zero attached hydrogens (tertiary/aromatic N) is 3. The topological polar surface area (TPSA) is 62.7 Å². The fourth-order valence-electron chi connectivity index (χ4n) is 3.46. The number of pyridine rings is 1. The molecule has 1 aromatic heterocycles. The van der Waals surface area contributed by atoms with E-state index in [4.69, 9.17) is 0 Å². The summed E-state index contributed by atoms with van der Waals surface area (Å²) in [5, 5.41) is 0. The molecule has 2 heterocycles. The molecule has 148 valence electrons. The van der Waals surface area contributed by atoms with Crippen LogP contribution in [0.15, 0.2) is 42.6 Å². The van der Waals surface area contributed by atoms with Gasteiger partial charge in [-0.15, -0.1) is 0 Å². The minimum atomic E-state index is -0.490. The van der Waals surface area contributed by atoms with Crippen molar-refractivity contribution in [1.82, 2.24) is 14.8 Å². The Hall–Kier alpha value is -2.80. The van der Waals surface area contributed by atoms with E-state index in [0.717, 1.165) is 19.4 Å². The molecule has 1 aliphatic rings. The summed E-state index contributed by atoms with van der Waals surface area (Å²) in [5.41, 5.74) is 1.24. The maximum absolute atomic E-state index is 13.9. The maximum atomic E-state index is 13.9. The van der Waals surface area contributed by atoms with Gasteiger partial charge in [0, 0.05) is 37.9 Å². The number of benzene rings is 1. The molecule has 0 unspecified atom stereocenters. The van der Waals surface area contributed by atoms with Crippen LogP contribution in [0.25, 0.3) is 0 Å². The standard InChI is InChI=1S/C21H24FN3O3/c1-24(20(26)19-10-9-15(12-23-19)21(27)28-2)17-7-5-11-25(14-17)13-16-6-3-4-8-18(16)22/h3-4,6,8-10,12,17H,5,7,11,13-14H2,1-2H3/t17-/m1/s1. The smallest absolute Gasteiger partial charge is 0.339 e. The highest BCUT2D eigenvalue weighted by molar-refractivity contribution is 5.94. The van der Waals surface area contributed by atoms with Gasteiger partial charge in [-0.2, -0.15) is 0 Å². The summed E-state index contributed by atoms with van der Waals surface area (Å²) in [6.45, 7) is 2.08. The van der Waals surface area contributed by atoms with E-state index in [1.165, 1.54) is 31.5 Å². The Morgan fingerprint density at radius 2 is 2.07 bits per heavy atom. The zero-order chi connectivity index (χ0) is 20.1. The number of aromatic nitrogens is 1. The second kappa shape index (κ2) is 8.93. The van der Waals surface area contributed by atoms with Crippen molar-refractivity contribution >= 4 is 11.9 Å². The van der Waals surface area contributed by atoms with Crippen molar-refractivity contribution in [2.24, 2.45) is 0 Å². The van der Waals surface area contributed by atoms with Crippen LogP contribution in [0.5, 0.6) is 0 Å². The van der Waals surface area contributed by atoms with E-state index >= 15 is 0 Å². The minimum Gasteiger partial charge on any atom is -0.465 e. The largest absolute Gasteiger partial charge is 0.465 e. The van der Waals surface area contributed by atoms with Crippen LogP contribution in [0.3, 0.4) is 0 Å². The number of carbonyl (C=O) groups is 2. The summed E-state index contributed by atoms with van der Waals surface area (Å²) in [5.74, 6) is -0.894. The third kappa shape index (κ3) is 4.54. The summed E-state index contributed by atoms with van der Waals surface area (Å²) < 4.78 is 18.6. The Bertz CT molecular complexity index is 841. The number of rotatable bonds is 5. The van der Waals surface area contributed by atoms with Crippen LogP contribution in [0.1, 0.15) is 39.3 Å². The lowest BCUT2D eigenvalue weighted by Gasteiger charge is -2.37. The van der Waals surface area contributed by atoms with Gasteiger partial charge in [0.15, 0.2) is 0 Å². The van der Waals surface area contributed by atoms with E-state index < -0.39 is 5.97 Å². The van der Waals surface area contributed by atoms with Crippen molar-refractivity contribution in [3.63, 3.8) is 0 Å². The minimum absolute atomic E-state index is 0.0232. The van der Waals surface area contributed by atoms with Gasteiger partial charge in [-0.1, -0.05) is 18.2 Å². The maximum Gasteiger partial charge on any atom is 0.339 e. The van der Waals surface area contributed by atoms with Gasteiger partial charge in [0.1, 0.15) is 11.5 Å². The molecular formula is C21H24FN3O3. The van der Waals surface area contributed by atoms with Gasteiger partial charge in [-0.05, 0) is 37.6 Å². The molecule has 0 spiro atoms. The second-order valence-corrected chi connectivity index (χ2v) is 6.96. The van der Waals surface area contributed by atoms with Crippen molar-refractivity contribution < 1.29 is 18.7 Å². The Kier molecular flexibility index (Phi) is 6.36. The van der Waals surface area contributed by atoms with E-state index in [1.54, 1.807) is 24.1 Å². The van der Waals surface area contributed by atoms with Gasteiger partial charge in [0.25, 0.3) is 5.91 Å². The van der Waals surface area contributed by atoms with Crippen molar-refractivity contribution in [2.45, 2.75) is 25.4 Å². The SMILES string of the molecule is COC(=O)c1ccc(C(=O)N(C)[C@@H]2CCCN(Cc3ccccc3F)C2)nc1. The molecular weight excluding hydrogens is 361 g/mol. The Morgan fingerprint density at radius 1 is 1.29 bits per heavy atom. The molecule has 1 aliphatic heterocycles. The van der Waals surface area contributed by atoms with Gasteiger partial charge >= 0.3 is 5.97 Å². The Balaban J connectivity index is 1.64. The molecule has 6 nitrogen and oxygen atoms in total. The Labute approximate surface area is 163 Å². The average Bonchev–Trinajstić information content (AvgIpc) is 2.74. The fraction of sp³-hybridized carbons (Fsp3) is 0.381. The number of halogens is 1. The number of amides is 1. The zero-order valence-electron chi connectivity index (χ0n) is 16.1. The van der Waals surface area contributed by atoms with Crippen LogP contribution in [0, 0.1) is 5.82 Å². The number of piperidine rings is 1. The molecule has 0 radical (unpaired) electrons. The van der Waals surface area contributed by atoms with Crippen LogP contribution < -0.4 is 0 Å². The monoisotopic (exact) mass is 385 g/mol. The lowest BCUT2D eigenvalue weighted by molar-refractivity contribution is 0.0587. The van der Waals surface area contributed by atoms with Crippen molar-refractivity contribution in [1.29, 1.82) is 0 Å². The molecule has 2 aromatic rings. The van der Waals surface area contributed by atoms with Crippen molar-refractivity contribution in [3.05, 3.63) is 65.2 Å². The number of methoxy groups -OCH3 is 1. The van der Waals surface area contributed by atoms with Crippen molar-refractivity contribution in [3.8, 4) is 0 Å². The molecule has 0 N–H and O–H groups in total. The number of likely N-dealkylation sites (N-methyl/N-ethyl adjacent to an activating group) is 1. The summed E-state index contributed by atoms with van der Waals surface area (Å²) in [6, 6.07) is 9.87. The number of ether oxygens (including phenoxy) is 1. The third-order valence-electron chi connectivity index (χ3n) is 5.10. The third-order valence-corrected chi connectivity index (χ3v) is 5.10. The average molecular weight is 385 g/mol. The molecule has 28 heavy (non-hydrogen) atoms. The van der Waals surface area contributed by atoms with E-state index in [-0.39, 0.29) is 23.5 Å². The van der Waals surface area contributed by atoms with E-state index in [9.17, 15) is 14.0 Å². The number of carbonyl (C=O) groups excluding carboxylic acids is 2. The molecule has 7 heteroatoms. The second-order valence-electron chi connectivity index (χ2n) is 6.96. The molecule has 1 aromatic carbocycles. The summed E-state index contributed by atoms with van der Waals surface area (Å²) in [6.07, 6.45) is 3.17. The molecule has 1 amide bonds. The fourth-order valence-corrected chi connectivity index (χ4v) is 3.46. The highest BCUT2D eigenvalue weighted by atomic mass is 19.1. The molecule has 1 saturated heterocycles. The van der Waals surface area contributed by atoms with Crippen LogP contribution >= 0.6 is 0 Å². The zero-order valence-corrected chi connectivity index (χ0v) is 16.1. The highest BCUT2D eigenvalue weighted by Crippen LogP contribution is 2.19. The van der Waals surface area contributed by atoms with Crippen LogP contribution in [-0.2, 0) is 11.3 Å². The van der Waals surface area contributed by atoms with Gasteiger partial charge < -0.3 is 9.64 Å². The molecule has 1 fully saturated rings. The van der Waals surface area contributed by atoms with E-state index in [2.05, 4.69) is 14.6 Å². The quantitative estimate of drug-likeness (QED) is 0.741. The molecule has 1 atom stereocenters. The first-order valence-corrected chi connectivity index (χ1v) is 9.27.